The summed E-state index contributed by atoms with van der Waals surface area (Å²) in [4.78, 5) is 10.5. The lowest BCUT2D eigenvalue weighted by Crippen LogP contribution is -2.04. The number of hydrogen-bond acceptors (Lipinski definition) is 4. The molecule has 3 aromatic carbocycles. The third-order valence-corrected chi connectivity index (χ3v) is 3.98. The smallest absolute Gasteiger partial charge is 0.269 e. The number of non-ortho nitro benzene ring substituents is 1. The quantitative estimate of drug-likeness (QED) is 0.329. The van der Waals surface area contributed by atoms with E-state index in [0.717, 1.165) is 16.7 Å². The summed E-state index contributed by atoms with van der Waals surface area (Å²) >= 11 is 0. The third-order valence-electron chi connectivity index (χ3n) is 3.98. The highest BCUT2D eigenvalue weighted by Crippen LogP contribution is 2.33. The third kappa shape index (κ3) is 3.20. The number of rotatable bonds is 4. The van der Waals surface area contributed by atoms with Crippen LogP contribution in [0.25, 0.3) is 0 Å². The van der Waals surface area contributed by atoms with Gasteiger partial charge in [0.15, 0.2) is 0 Å². The van der Waals surface area contributed by atoms with Crippen molar-refractivity contribution >= 4 is 17.1 Å². The minimum absolute atomic E-state index is 0.0491. The van der Waals surface area contributed by atoms with Crippen molar-refractivity contribution in [3.05, 3.63) is 99.6 Å². The molecule has 0 heterocycles. The van der Waals surface area contributed by atoms with Crippen LogP contribution in [0.3, 0.4) is 0 Å². The minimum Gasteiger partial charge on any atom is -0.399 e. The summed E-state index contributed by atoms with van der Waals surface area (Å²) < 4.78 is 0. The molecule has 0 aliphatic heterocycles. The molecule has 0 aromatic heterocycles. The Labute approximate surface area is 139 Å². The lowest BCUT2D eigenvalue weighted by atomic mass is 9.85. The van der Waals surface area contributed by atoms with Gasteiger partial charge in [-0.15, -0.1) is 0 Å². The Bertz CT molecular complexity index is 796. The molecule has 120 valence electrons. The molecule has 5 nitrogen and oxygen atoms in total. The van der Waals surface area contributed by atoms with E-state index in [0.29, 0.717) is 11.4 Å². The number of nitrogens with two attached hydrogens (primary N) is 2. The van der Waals surface area contributed by atoms with Gasteiger partial charge in [-0.2, -0.15) is 0 Å². The highest BCUT2D eigenvalue weighted by Gasteiger charge is 2.18. The van der Waals surface area contributed by atoms with Crippen molar-refractivity contribution < 1.29 is 4.92 Å². The summed E-state index contributed by atoms with van der Waals surface area (Å²) in [5, 5.41) is 10.9. The van der Waals surface area contributed by atoms with Gasteiger partial charge in [-0.1, -0.05) is 36.4 Å². The van der Waals surface area contributed by atoms with Crippen molar-refractivity contribution in [3.8, 4) is 0 Å². The molecule has 0 fully saturated rings. The monoisotopic (exact) mass is 319 g/mol. The summed E-state index contributed by atoms with van der Waals surface area (Å²) in [7, 11) is 0. The molecule has 0 aliphatic rings. The lowest BCUT2D eigenvalue weighted by Gasteiger charge is -2.19. The number of nitrogens with zero attached hydrogens (tertiary/aromatic N) is 1. The molecule has 0 radical (unpaired) electrons. The zero-order valence-corrected chi connectivity index (χ0v) is 12.9. The van der Waals surface area contributed by atoms with Gasteiger partial charge in [0.1, 0.15) is 0 Å². The van der Waals surface area contributed by atoms with Crippen LogP contribution in [0.2, 0.25) is 0 Å². The van der Waals surface area contributed by atoms with Gasteiger partial charge in [0, 0.05) is 29.4 Å². The van der Waals surface area contributed by atoms with Crippen LogP contribution in [0, 0.1) is 10.1 Å². The SMILES string of the molecule is Nc1ccc(C(c2ccc(N)cc2)c2ccc([N+](=O)[O-])cc2)cc1. The maximum atomic E-state index is 10.9. The van der Waals surface area contributed by atoms with E-state index >= 15 is 0 Å². The molecule has 3 aromatic rings. The van der Waals surface area contributed by atoms with E-state index in [1.165, 1.54) is 12.1 Å². The van der Waals surface area contributed by atoms with E-state index in [2.05, 4.69) is 0 Å². The van der Waals surface area contributed by atoms with E-state index in [1.54, 1.807) is 12.1 Å². The van der Waals surface area contributed by atoms with Crippen molar-refractivity contribution in [3.63, 3.8) is 0 Å². The molecule has 0 saturated heterocycles. The van der Waals surface area contributed by atoms with E-state index in [1.807, 2.05) is 48.5 Å². The van der Waals surface area contributed by atoms with Crippen molar-refractivity contribution in [1.82, 2.24) is 0 Å². The predicted molar refractivity (Wildman–Crippen MR) is 95.8 cm³/mol. The fourth-order valence-electron chi connectivity index (χ4n) is 2.74. The Morgan fingerprint density at radius 1 is 0.667 bits per heavy atom. The number of nitro groups is 1. The summed E-state index contributed by atoms with van der Waals surface area (Å²) in [6, 6.07) is 21.9. The van der Waals surface area contributed by atoms with E-state index < -0.39 is 4.92 Å². The van der Waals surface area contributed by atoms with Gasteiger partial charge in [0.25, 0.3) is 5.69 Å². The molecule has 5 heteroatoms. The first-order chi connectivity index (χ1) is 11.5. The Kier molecular flexibility index (Phi) is 4.16. The van der Waals surface area contributed by atoms with Crippen LogP contribution in [0.5, 0.6) is 0 Å². The van der Waals surface area contributed by atoms with Gasteiger partial charge < -0.3 is 11.5 Å². The average Bonchev–Trinajstić information content (AvgIpc) is 2.59. The summed E-state index contributed by atoms with van der Waals surface area (Å²) in [6.07, 6.45) is 0. The van der Waals surface area contributed by atoms with Crippen molar-refractivity contribution in [2.75, 3.05) is 11.5 Å². The molecule has 0 bridgehead atoms. The fourth-order valence-corrected chi connectivity index (χ4v) is 2.74. The van der Waals surface area contributed by atoms with Gasteiger partial charge in [-0.3, -0.25) is 10.1 Å². The molecule has 0 atom stereocenters. The molecule has 3 rings (SSSR count). The number of anilines is 2. The van der Waals surface area contributed by atoms with Crippen molar-refractivity contribution in [2.45, 2.75) is 5.92 Å². The summed E-state index contributed by atoms with van der Waals surface area (Å²) in [6.45, 7) is 0. The van der Waals surface area contributed by atoms with E-state index in [-0.39, 0.29) is 11.6 Å². The first-order valence-electron chi connectivity index (χ1n) is 7.50. The number of nitrogen functional groups attached to an aromatic ring is 2. The molecular weight excluding hydrogens is 302 g/mol. The van der Waals surface area contributed by atoms with Crippen molar-refractivity contribution in [2.24, 2.45) is 0 Å². The summed E-state index contributed by atoms with van der Waals surface area (Å²) in [5.74, 6) is -0.0491. The van der Waals surface area contributed by atoms with E-state index in [9.17, 15) is 10.1 Å². The maximum Gasteiger partial charge on any atom is 0.269 e. The van der Waals surface area contributed by atoms with Crippen LogP contribution in [-0.4, -0.2) is 4.92 Å². The fraction of sp³-hybridized carbons (Fsp3) is 0.0526. The van der Waals surface area contributed by atoms with Crippen LogP contribution in [0.15, 0.2) is 72.8 Å². The van der Waals surface area contributed by atoms with Gasteiger partial charge in [-0.25, -0.2) is 0 Å². The zero-order valence-electron chi connectivity index (χ0n) is 12.9. The normalized spacial score (nSPS) is 10.7. The highest BCUT2D eigenvalue weighted by molar-refractivity contribution is 5.51. The molecule has 0 spiro atoms. The average molecular weight is 319 g/mol. The van der Waals surface area contributed by atoms with Crippen LogP contribution < -0.4 is 11.5 Å². The first kappa shape index (κ1) is 15.6. The molecule has 4 N–H and O–H groups in total. The second kappa shape index (κ2) is 6.42. The highest BCUT2D eigenvalue weighted by atomic mass is 16.6. The van der Waals surface area contributed by atoms with Gasteiger partial charge in [0.2, 0.25) is 0 Å². The maximum absolute atomic E-state index is 10.9. The standard InChI is InChI=1S/C19H17N3O2/c20-16-7-1-13(2-8-16)19(14-3-9-17(21)10-4-14)15-5-11-18(12-6-15)22(23)24/h1-12,19H,20-21H2. The molecule has 24 heavy (non-hydrogen) atoms. The van der Waals surface area contributed by atoms with Gasteiger partial charge in [-0.05, 0) is 41.0 Å². The molecule has 0 saturated carbocycles. The zero-order chi connectivity index (χ0) is 17.1. The van der Waals surface area contributed by atoms with Gasteiger partial charge >= 0.3 is 0 Å². The molecule has 0 amide bonds. The van der Waals surface area contributed by atoms with Crippen LogP contribution in [-0.2, 0) is 0 Å². The minimum atomic E-state index is -0.398. The van der Waals surface area contributed by atoms with Crippen molar-refractivity contribution in [1.29, 1.82) is 0 Å². The van der Waals surface area contributed by atoms with Crippen LogP contribution in [0.1, 0.15) is 22.6 Å². The number of benzene rings is 3. The van der Waals surface area contributed by atoms with Crippen LogP contribution >= 0.6 is 0 Å². The first-order valence-corrected chi connectivity index (χ1v) is 7.50. The Balaban J connectivity index is 2.08. The Morgan fingerprint density at radius 3 is 1.33 bits per heavy atom. The molecular formula is C19H17N3O2. The van der Waals surface area contributed by atoms with E-state index in [4.69, 9.17) is 11.5 Å². The second-order valence-electron chi connectivity index (χ2n) is 5.61. The number of nitro benzene ring substituents is 1. The summed E-state index contributed by atoms with van der Waals surface area (Å²) in [5.41, 5.74) is 16.1. The topological polar surface area (TPSA) is 95.2 Å². The number of hydrogen-bond donors (Lipinski definition) is 2. The second-order valence-corrected chi connectivity index (χ2v) is 5.61. The van der Waals surface area contributed by atoms with Gasteiger partial charge in [0.05, 0.1) is 4.92 Å². The molecule has 0 unspecified atom stereocenters. The van der Waals surface area contributed by atoms with Crippen LogP contribution in [0.4, 0.5) is 17.1 Å². The predicted octanol–water partition coefficient (Wildman–Crippen LogP) is 3.94. The Hall–Kier alpha value is -3.34. The lowest BCUT2D eigenvalue weighted by molar-refractivity contribution is -0.384. The molecule has 0 aliphatic carbocycles. The Morgan fingerprint density at radius 2 is 1.00 bits per heavy atom. The largest absolute Gasteiger partial charge is 0.399 e.